The molecule has 7 heteroatoms. The van der Waals surface area contributed by atoms with Gasteiger partial charge in [-0.3, -0.25) is 10.6 Å². The molecule has 0 aromatic heterocycles. The minimum absolute atomic E-state index is 0.0269. The number of anilines is 1. The van der Waals surface area contributed by atoms with Crippen molar-refractivity contribution in [3.63, 3.8) is 0 Å². The van der Waals surface area contributed by atoms with Gasteiger partial charge >= 0.3 is 0 Å². The molecule has 0 aliphatic heterocycles. The van der Waals surface area contributed by atoms with Gasteiger partial charge in [-0.25, -0.2) is 8.78 Å². The van der Waals surface area contributed by atoms with E-state index < -0.39 is 23.2 Å². The first-order valence-electron chi connectivity index (χ1n) is 5.78. The van der Waals surface area contributed by atoms with Crippen molar-refractivity contribution in [1.29, 1.82) is 0 Å². The average molecular weight is 289 g/mol. The van der Waals surface area contributed by atoms with Crippen molar-refractivity contribution in [2.24, 2.45) is 5.84 Å². The summed E-state index contributed by atoms with van der Waals surface area (Å²) < 4.78 is 26.9. The predicted molar refractivity (Wildman–Crippen MR) is 74.1 cm³/mol. The summed E-state index contributed by atoms with van der Waals surface area (Å²) in [6.07, 6.45) is 2.68. The van der Waals surface area contributed by atoms with Crippen LogP contribution in [0, 0.1) is 11.6 Å². The zero-order valence-corrected chi connectivity index (χ0v) is 11.6. The fourth-order valence-corrected chi connectivity index (χ4v) is 2.30. The number of nitrogen functional groups attached to an aromatic ring is 1. The first kappa shape index (κ1) is 15.7. The maximum atomic E-state index is 13.5. The summed E-state index contributed by atoms with van der Waals surface area (Å²) in [5.74, 6) is 3.44. The van der Waals surface area contributed by atoms with E-state index in [4.69, 9.17) is 5.84 Å². The monoisotopic (exact) mass is 289 g/mol. The number of hydrogen-bond donors (Lipinski definition) is 3. The number of carbonyl (C=O) groups excluding carboxylic acids is 1. The standard InChI is InChI=1S/C12H17F2N3OS/c1-3-8(6-19-2)16-12(18)7-4-9(13)11(17-15)10(14)5-7/h4-5,8,17H,3,6,15H2,1-2H3,(H,16,18). The Balaban J connectivity index is 2.88. The van der Waals surface area contributed by atoms with Gasteiger partial charge in [0.2, 0.25) is 0 Å². The van der Waals surface area contributed by atoms with Crippen LogP contribution in [0.1, 0.15) is 23.7 Å². The first-order valence-corrected chi connectivity index (χ1v) is 7.18. The van der Waals surface area contributed by atoms with E-state index in [2.05, 4.69) is 5.32 Å². The maximum absolute atomic E-state index is 13.5. The van der Waals surface area contributed by atoms with Crippen molar-refractivity contribution < 1.29 is 13.6 Å². The van der Waals surface area contributed by atoms with Crippen molar-refractivity contribution in [2.75, 3.05) is 17.4 Å². The number of carbonyl (C=O) groups is 1. The lowest BCUT2D eigenvalue weighted by atomic mass is 10.1. The maximum Gasteiger partial charge on any atom is 0.251 e. The van der Waals surface area contributed by atoms with Crippen molar-refractivity contribution >= 4 is 23.4 Å². The second-order valence-electron chi connectivity index (χ2n) is 3.99. The Hall–Kier alpha value is -1.34. The quantitative estimate of drug-likeness (QED) is 0.554. The van der Waals surface area contributed by atoms with Gasteiger partial charge in [-0.15, -0.1) is 0 Å². The van der Waals surface area contributed by atoms with Crippen LogP contribution in [-0.4, -0.2) is 24.0 Å². The Morgan fingerprint density at radius 3 is 2.42 bits per heavy atom. The van der Waals surface area contributed by atoms with E-state index >= 15 is 0 Å². The van der Waals surface area contributed by atoms with Crippen LogP contribution >= 0.6 is 11.8 Å². The summed E-state index contributed by atoms with van der Waals surface area (Å²) in [6.45, 7) is 1.93. The van der Waals surface area contributed by atoms with Crippen LogP contribution in [0.25, 0.3) is 0 Å². The SMILES string of the molecule is CCC(CSC)NC(=O)c1cc(F)c(NN)c(F)c1. The Morgan fingerprint density at radius 2 is 2.00 bits per heavy atom. The highest BCUT2D eigenvalue weighted by molar-refractivity contribution is 7.98. The normalized spacial score (nSPS) is 12.1. The number of hydrogen-bond acceptors (Lipinski definition) is 4. The van der Waals surface area contributed by atoms with Crippen molar-refractivity contribution in [3.05, 3.63) is 29.3 Å². The van der Waals surface area contributed by atoms with Crippen LogP contribution in [0.4, 0.5) is 14.5 Å². The molecule has 106 valence electrons. The molecule has 0 saturated carbocycles. The number of rotatable bonds is 6. The molecular weight excluding hydrogens is 272 g/mol. The molecule has 1 rings (SSSR count). The van der Waals surface area contributed by atoms with Crippen LogP contribution in [0.2, 0.25) is 0 Å². The zero-order valence-electron chi connectivity index (χ0n) is 10.8. The first-order chi connectivity index (χ1) is 9.03. The summed E-state index contributed by atoms with van der Waals surface area (Å²) >= 11 is 1.59. The summed E-state index contributed by atoms with van der Waals surface area (Å²) in [4.78, 5) is 11.9. The average Bonchev–Trinajstić information content (AvgIpc) is 2.37. The van der Waals surface area contributed by atoms with Gasteiger partial charge in [0.25, 0.3) is 5.91 Å². The number of hydrazine groups is 1. The second kappa shape index (κ2) is 7.30. The summed E-state index contributed by atoms with van der Waals surface area (Å²) in [5, 5.41) is 2.73. The highest BCUT2D eigenvalue weighted by atomic mass is 32.2. The molecule has 1 unspecified atom stereocenters. The Labute approximate surface area is 115 Å². The predicted octanol–water partition coefficient (Wildman–Crippen LogP) is 2.12. The Kier molecular flexibility index (Phi) is 6.04. The van der Waals surface area contributed by atoms with E-state index in [9.17, 15) is 13.6 Å². The van der Waals surface area contributed by atoms with Crippen molar-refractivity contribution in [1.82, 2.24) is 5.32 Å². The summed E-state index contributed by atoms with van der Waals surface area (Å²) in [7, 11) is 0. The molecule has 4 nitrogen and oxygen atoms in total. The number of nitrogens with two attached hydrogens (primary N) is 1. The van der Waals surface area contributed by atoms with Crippen LogP contribution < -0.4 is 16.6 Å². The van der Waals surface area contributed by atoms with Gasteiger partial charge in [0.15, 0.2) is 11.6 Å². The van der Waals surface area contributed by atoms with Crippen molar-refractivity contribution in [3.8, 4) is 0 Å². The number of nitrogens with one attached hydrogen (secondary N) is 2. The smallest absolute Gasteiger partial charge is 0.251 e. The van der Waals surface area contributed by atoms with Gasteiger partial charge < -0.3 is 10.7 Å². The van der Waals surface area contributed by atoms with E-state index in [1.807, 2.05) is 18.6 Å². The number of amides is 1. The minimum atomic E-state index is -0.898. The van der Waals surface area contributed by atoms with Gasteiger partial charge in [0.05, 0.1) is 0 Å². The molecule has 0 spiro atoms. The Morgan fingerprint density at radius 1 is 1.42 bits per heavy atom. The largest absolute Gasteiger partial charge is 0.348 e. The molecule has 1 atom stereocenters. The molecule has 1 aromatic rings. The van der Waals surface area contributed by atoms with E-state index in [1.54, 1.807) is 11.8 Å². The summed E-state index contributed by atoms with van der Waals surface area (Å²) in [5.41, 5.74) is 1.40. The molecule has 19 heavy (non-hydrogen) atoms. The fourth-order valence-electron chi connectivity index (χ4n) is 1.57. The highest BCUT2D eigenvalue weighted by Gasteiger charge is 2.16. The molecular formula is C12H17F2N3OS. The van der Waals surface area contributed by atoms with Gasteiger partial charge in [-0.1, -0.05) is 6.92 Å². The molecule has 4 N–H and O–H groups in total. The molecule has 1 amide bonds. The molecule has 0 radical (unpaired) electrons. The molecule has 0 aliphatic rings. The van der Waals surface area contributed by atoms with E-state index in [-0.39, 0.29) is 11.6 Å². The number of thioether (sulfide) groups is 1. The van der Waals surface area contributed by atoms with E-state index in [0.29, 0.717) is 0 Å². The van der Waals surface area contributed by atoms with Gasteiger partial charge in [-0.2, -0.15) is 11.8 Å². The summed E-state index contributed by atoms with van der Waals surface area (Å²) in [6, 6.07) is 1.89. The van der Waals surface area contributed by atoms with Gasteiger partial charge in [0, 0.05) is 17.4 Å². The fraction of sp³-hybridized carbons (Fsp3) is 0.417. The van der Waals surface area contributed by atoms with Crippen LogP contribution in [0.3, 0.4) is 0 Å². The van der Waals surface area contributed by atoms with E-state index in [1.165, 1.54) is 0 Å². The van der Waals surface area contributed by atoms with Gasteiger partial charge in [0.1, 0.15) is 5.69 Å². The zero-order chi connectivity index (χ0) is 14.4. The molecule has 0 bridgehead atoms. The third kappa shape index (κ3) is 4.07. The van der Waals surface area contributed by atoms with Gasteiger partial charge in [-0.05, 0) is 24.8 Å². The molecule has 0 saturated heterocycles. The molecule has 0 aliphatic carbocycles. The third-order valence-electron chi connectivity index (χ3n) is 2.64. The lowest BCUT2D eigenvalue weighted by molar-refractivity contribution is 0.0939. The minimum Gasteiger partial charge on any atom is -0.348 e. The Bertz CT molecular complexity index is 434. The number of halogens is 2. The van der Waals surface area contributed by atoms with E-state index in [0.717, 1.165) is 24.3 Å². The topological polar surface area (TPSA) is 67.2 Å². The lowest BCUT2D eigenvalue weighted by Crippen LogP contribution is -2.36. The second-order valence-corrected chi connectivity index (χ2v) is 4.90. The molecule has 1 aromatic carbocycles. The van der Waals surface area contributed by atoms with Crippen LogP contribution in [0.15, 0.2) is 12.1 Å². The van der Waals surface area contributed by atoms with Crippen molar-refractivity contribution in [2.45, 2.75) is 19.4 Å². The van der Waals surface area contributed by atoms with Crippen LogP contribution in [0.5, 0.6) is 0 Å². The third-order valence-corrected chi connectivity index (χ3v) is 3.38. The molecule has 0 heterocycles. The van der Waals surface area contributed by atoms with Crippen LogP contribution in [-0.2, 0) is 0 Å². The lowest BCUT2D eigenvalue weighted by Gasteiger charge is -2.16. The highest BCUT2D eigenvalue weighted by Crippen LogP contribution is 2.19. The molecule has 0 fully saturated rings. The number of benzene rings is 1.